The summed E-state index contributed by atoms with van der Waals surface area (Å²) >= 11 is 1.40. The predicted molar refractivity (Wildman–Crippen MR) is 105 cm³/mol. The second-order valence-corrected chi connectivity index (χ2v) is 9.33. The molecule has 2 heterocycles. The number of amides is 2. The number of nitrogens with one attached hydrogen (secondary N) is 3. The molecule has 0 unspecified atom stereocenters. The lowest BCUT2D eigenvalue weighted by Gasteiger charge is -2.22. The number of carbonyl (C=O) groups is 2. The zero-order valence-corrected chi connectivity index (χ0v) is 17.4. The number of hydrogen-bond donors (Lipinski definition) is 3. The Morgan fingerprint density at radius 2 is 2.11 bits per heavy atom. The average Bonchev–Trinajstić information content (AvgIpc) is 3.27. The number of anilines is 1. The lowest BCUT2D eigenvalue weighted by molar-refractivity contribution is -0.115. The molecule has 10 heteroatoms. The Kier molecular flexibility index (Phi) is 5.97. The van der Waals surface area contributed by atoms with Crippen molar-refractivity contribution < 1.29 is 14.3 Å². The van der Waals surface area contributed by atoms with E-state index in [1.54, 1.807) is 0 Å². The van der Waals surface area contributed by atoms with Crippen LogP contribution in [0.15, 0.2) is 6.07 Å². The Morgan fingerprint density at radius 3 is 2.79 bits per heavy atom. The van der Waals surface area contributed by atoms with E-state index in [0.717, 1.165) is 30.0 Å². The first kappa shape index (κ1) is 20.2. The molecule has 2 amide bonds. The van der Waals surface area contributed by atoms with E-state index < -0.39 is 0 Å². The molecule has 1 aliphatic rings. The Balaban J connectivity index is 1.49. The molecule has 0 aromatic carbocycles. The molecule has 0 radical (unpaired) electrons. The van der Waals surface area contributed by atoms with E-state index in [9.17, 15) is 9.59 Å². The van der Waals surface area contributed by atoms with Gasteiger partial charge in [0.1, 0.15) is 16.1 Å². The van der Waals surface area contributed by atoms with Crippen molar-refractivity contribution in [2.45, 2.75) is 70.9 Å². The van der Waals surface area contributed by atoms with Crippen LogP contribution in [0.4, 0.5) is 10.6 Å². The predicted octanol–water partition coefficient (Wildman–Crippen LogP) is 2.91. The normalized spacial score (nSPS) is 19.4. The van der Waals surface area contributed by atoms with Gasteiger partial charge in [0.25, 0.3) is 0 Å². The van der Waals surface area contributed by atoms with Gasteiger partial charge in [0.2, 0.25) is 5.91 Å². The molecule has 2 aromatic rings. The topological polar surface area (TPSA) is 122 Å². The number of nitrogens with zero attached hydrogens (tertiary/aromatic N) is 3. The summed E-state index contributed by atoms with van der Waals surface area (Å²) in [7, 11) is 0. The van der Waals surface area contributed by atoms with Gasteiger partial charge in [-0.2, -0.15) is 5.10 Å². The Hall–Kier alpha value is -2.49. The lowest BCUT2D eigenvalue weighted by atomic mass is 10.0. The molecule has 1 saturated carbocycles. The molecule has 0 saturated heterocycles. The van der Waals surface area contributed by atoms with Gasteiger partial charge in [0, 0.05) is 23.2 Å². The van der Waals surface area contributed by atoms with Crippen molar-refractivity contribution in [2.24, 2.45) is 0 Å². The highest BCUT2D eigenvalue weighted by Crippen LogP contribution is 2.35. The summed E-state index contributed by atoms with van der Waals surface area (Å²) in [5, 5.41) is 22.1. The third kappa shape index (κ3) is 5.75. The van der Waals surface area contributed by atoms with Crippen LogP contribution in [0.1, 0.15) is 61.7 Å². The maximum absolute atomic E-state index is 12.1. The minimum atomic E-state index is -0.386. The quantitative estimate of drug-likeness (QED) is 0.702. The van der Waals surface area contributed by atoms with Gasteiger partial charge in [-0.15, -0.1) is 21.5 Å². The van der Waals surface area contributed by atoms with Crippen LogP contribution in [0.3, 0.4) is 0 Å². The molecule has 1 fully saturated rings. The molecule has 2 aromatic heterocycles. The van der Waals surface area contributed by atoms with Gasteiger partial charge in [0.05, 0.1) is 6.42 Å². The average molecular weight is 407 g/mol. The maximum atomic E-state index is 12.1. The first-order chi connectivity index (χ1) is 13.2. The Bertz CT molecular complexity index is 840. The fraction of sp³-hybridized carbons (Fsp3) is 0.611. The third-order valence-electron chi connectivity index (χ3n) is 4.32. The van der Waals surface area contributed by atoms with Crippen LogP contribution in [0.25, 0.3) is 0 Å². The highest BCUT2D eigenvalue weighted by Gasteiger charge is 2.30. The van der Waals surface area contributed by atoms with E-state index in [0.29, 0.717) is 10.8 Å². The third-order valence-corrected chi connectivity index (χ3v) is 5.16. The van der Waals surface area contributed by atoms with Crippen molar-refractivity contribution in [2.75, 3.05) is 5.32 Å². The van der Waals surface area contributed by atoms with Gasteiger partial charge in [0.15, 0.2) is 5.82 Å². The summed E-state index contributed by atoms with van der Waals surface area (Å²) in [6.07, 6.45) is 2.11. The number of aromatic amines is 1. The van der Waals surface area contributed by atoms with Crippen LogP contribution in [0.5, 0.6) is 0 Å². The van der Waals surface area contributed by atoms with Crippen molar-refractivity contribution >= 4 is 29.2 Å². The first-order valence-electron chi connectivity index (χ1n) is 9.31. The van der Waals surface area contributed by atoms with Gasteiger partial charge in [-0.3, -0.25) is 9.89 Å². The monoisotopic (exact) mass is 406 g/mol. The zero-order valence-electron chi connectivity index (χ0n) is 16.5. The van der Waals surface area contributed by atoms with Crippen molar-refractivity contribution in [3.63, 3.8) is 0 Å². The number of H-pyrrole nitrogens is 1. The molecule has 152 valence electrons. The number of alkyl carbamates (subject to hydrolysis) is 1. The number of carbonyl (C=O) groups excluding carboxylic acids is 2. The summed E-state index contributed by atoms with van der Waals surface area (Å²) in [4.78, 5) is 24.0. The number of rotatable bonds is 5. The second-order valence-electron chi connectivity index (χ2n) is 8.06. The molecule has 2 atom stereocenters. The van der Waals surface area contributed by atoms with E-state index >= 15 is 0 Å². The maximum Gasteiger partial charge on any atom is 0.407 e. The van der Waals surface area contributed by atoms with Crippen molar-refractivity contribution in [1.29, 1.82) is 0 Å². The van der Waals surface area contributed by atoms with Gasteiger partial charge >= 0.3 is 6.09 Å². The largest absolute Gasteiger partial charge is 0.446 e. The smallest absolute Gasteiger partial charge is 0.407 e. The van der Waals surface area contributed by atoms with Crippen LogP contribution >= 0.6 is 11.3 Å². The molecule has 9 nitrogen and oxygen atoms in total. The van der Waals surface area contributed by atoms with Crippen LogP contribution in [0, 0.1) is 6.92 Å². The van der Waals surface area contributed by atoms with Gasteiger partial charge in [-0.05, 0) is 47.0 Å². The number of aryl methyl sites for hydroxylation is 1. The highest BCUT2D eigenvalue weighted by molar-refractivity contribution is 7.11. The molecular formula is C18H26N6O3S. The lowest BCUT2D eigenvalue weighted by Crippen LogP contribution is -2.42. The van der Waals surface area contributed by atoms with Gasteiger partial charge < -0.3 is 15.4 Å². The fourth-order valence-electron chi connectivity index (χ4n) is 3.16. The summed E-state index contributed by atoms with van der Waals surface area (Å²) in [5.41, 5.74) is 0.614. The van der Waals surface area contributed by atoms with Crippen molar-refractivity contribution in [3.8, 4) is 0 Å². The van der Waals surface area contributed by atoms with Crippen molar-refractivity contribution in [3.05, 3.63) is 21.8 Å². The number of ether oxygens (including phenoxy) is 1. The molecule has 0 bridgehead atoms. The molecule has 28 heavy (non-hydrogen) atoms. The SMILES string of the molecule is Cc1nnc(CC(=O)Nc2cc([C@H]3CC[C@@H](OC(=O)NC(C)(C)C)C3)[nH]n2)s1. The number of aromatic nitrogens is 4. The standard InChI is InChI=1S/C18H26N6O3S/c1-10-21-24-16(28-10)9-15(25)19-14-8-13(22-23-14)11-5-6-12(7-11)27-17(26)20-18(2,3)4/h8,11-12H,5-7,9H2,1-4H3,(H,20,26)(H2,19,22,23,25)/t11-,12+/m0/s1. The molecule has 3 rings (SSSR count). The van der Waals surface area contributed by atoms with E-state index in [2.05, 4.69) is 31.0 Å². The van der Waals surface area contributed by atoms with E-state index in [4.69, 9.17) is 4.74 Å². The summed E-state index contributed by atoms with van der Waals surface area (Å²) in [5.74, 6) is 0.521. The molecule has 3 N–H and O–H groups in total. The molecule has 0 spiro atoms. The summed E-state index contributed by atoms with van der Waals surface area (Å²) in [6, 6.07) is 1.84. The van der Waals surface area contributed by atoms with Crippen LogP contribution in [-0.4, -0.2) is 44.0 Å². The minimum absolute atomic E-state index is 0.116. The summed E-state index contributed by atoms with van der Waals surface area (Å²) in [6.45, 7) is 7.60. The number of hydrogen-bond acceptors (Lipinski definition) is 7. The molecule has 0 aliphatic heterocycles. The van der Waals surface area contributed by atoms with E-state index in [1.165, 1.54) is 11.3 Å². The zero-order chi connectivity index (χ0) is 20.3. The van der Waals surface area contributed by atoms with Gasteiger partial charge in [-0.25, -0.2) is 4.79 Å². The fourth-order valence-corrected chi connectivity index (χ4v) is 3.87. The van der Waals surface area contributed by atoms with Crippen LogP contribution in [-0.2, 0) is 16.0 Å². The highest BCUT2D eigenvalue weighted by atomic mass is 32.1. The first-order valence-corrected chi connectivity index (χ1v) is 10.1. The summed E-state index contributed by atoms with van der Waals surface area (Å²) < 4.78 is 5.51. The van der Waals surface area contributed by atoms with Gasteiger partial charge in [-0.1, -0.05) is 0 Å². The van der Waals surface area contributed by atoms with E-state index in [-0.39, 0.29) is 36.0 Å². The Morgan fingerprint density at radius 1 is 1.32 bits per heavy atom. The molecular weight excluding hydrogens is 380 g/mol. The van der Waals surface area contributed by atoms with E-state index in [1.807, 2.05) is 33.8 Å². The minimum Gasteiger partial charge on any atom is -0.446 e. The van der Waals surface area contributed by atoms with Crippen LogP contribution in [0.2, 0.25) is 0 Å². The van der Waals surface area contributed by atoms with Crippen LogP contribution < -0.4 is 10.6 Å². The molecule has 1 aliphatic carbocycles. The van der Waals surface area contributed by atoms with Crippen molar-refractivity contribution in [1.82, 2.24) is 25.7 Å². The second kappa shape index (κ2) is 8.26. The Labute approximate surface area is 167 Å².